The maximum Gasteiger partial charge on any atom is 0.257 e. The quantitative estimate of drug-likeness (QED) is 0.867. The number of phenols is 1. The third-order valence-electron chi connectivity index (χ3n) is 6.79. The average molecular weight is 370 g/mol. The topological polar surface area (TPSA) is 60.9 Å². The number of carbonyl (C=O) groups is 2. The highest BCUT2D eigenvalue weighted by atomic mass is 16.3. The van der Waals surface area contributed by atoms with Crippen molar-refractivity contribution in [3.8, 4) is 5.75 Å². The molecule has 1 N–H and O–H groups in total. The molecule has 5 nitrogen and oxygen atoms in total. The summed E-state index contributed by atoms with van der Waals surface area (Å²) in [7, 11) is 0. The number of piperidine rings is 2. The Kier molecular flexibility index (Phi) is 4.87. The summed E-state index contributed by atoms with van der Waals surface area (Å²) >= 11 is 0. The summed E-state index contributed by atoms with van der Waals surface area (Å²) in [6.45, 7) is 4.11. The minimum absolute atomic E-state index is 0.0186. The molecule has 0 unspecified atom stereocenters. The normalized spacial score (nSPS) is 26.8. The minimum Gasteiger partial charge on any atom is -0.507 e. The molecule has 146 valence electrons. The van der Waals surface area contributed by atoms with Crippen LogP contribution in [-0.4, -0.2) is 52.4 Å². The molecule has 1 atom stereocenters. The van der Waals surface area contributed by atoms with Crippen molar-refractivity contribution in [2.24, 2.45) is 5.41 Å². The standard InChI is InChI=1S/C22H30N2O3/c1-16-7-8-18(19(25)13-16)21(27)23-12-4-10-22(14-23)11-9-20(26)24(15-22)17-5-2-3-6-17/h7-8,13,17,25H,2-6,9-12,14-15H2,1H3/t22-/m1/s1. The summed E-state index contributed by atoms with van der Waals surface area (Å²) in [5.74, 6) is 0.272. The molecule has 0 aromatic heterocycles. The van der Waals surface area contributed by atoms with Crippen molar-refractivity contribution in [1.29, 1.82) is 0 Å². The number of phenolic OH excluding ortho intramolecular Hbond substituents is 1. The molecule has 2 heterocycles. The first-order valence-electron chi connectivity index (χ1n) is 10.4. The van der Waals surface area contributed by atoms with Crippen LogP contribution in [0.2, 0.25) is 0 Å². The molecule has 1 aromatic rings. The van der Waals surface area contributed by atoms with Crippen molar-refractivity contribution in [3.05, 3.63) is 29.3 Å². The molecular formula is C22H30N2O3. The van der Waals surface area contributed by atoms with Crippen LogP contribution in [0, 0.1) is 12.3 Å². The van der Waals surface area contributed by atoms with E-state index in [0.717, 1.165) is 50.8 Å². The Morgan fingerprint density at radius 3 is 2.67 bits per heavy atom. The molecule has 0 radical (unpaired) electrons. The van der Waals surface area contributed by atoms with Crippen LogP contribution in [0.5, 0.6) is 5.75 Å². The lowest BCUT2D eigenvalue weighted by Gasteiger charge is -2.49. The zero-order chi connectivity index (χ0) is 19.0. The van der Waals surface area contributed by atoms with Crippen molar-refractivity contribution in [2.45, 2.75) is 64.3 Å². The van der Waals surface area contributed by atoms with Gasteiger partial charge in [-0.25, -0.2) is 0 Å². The maximum atomic E-state index is 13.0. The molecule has 1 spiro atoms. The van der Waals surface area contributed by atoms with Gasteiger partial charge in [-0.3, -0.25) is 9.59 Å². The molecule has 3 aliphatic rings. The second kappa shape index (κ2) is 7.17. The van der Waals surface area contributed by atoms with Gasteiger partial charge < -0.3 is 14.9 Å². The highest BCUT2D eigenvalue weighted by molar-refractivity contribution is 5.97. The van der Waals surface area contributed by atoms with Gasteiger partial charge in [-0.1, -0.05) is 18.9 Å². The van der Waals surface area contributed by atoms with Gasteiger partial charge in [0.25, 0.3) is 5.91 Å². The number of rotatable bonds is 2. The van der Waals surface area contributed by atoms with Crippen LogP contribution in [0.4, 0.5) is 0 Å². The van der Waals surface area contributed by atoms with E-state index >= 15 is 0 Å². The Bertz CT molecular complexity index is 741. The minimum atomic E-state index is -0.0871. The third-order valence-corrected chi connectivity index (χ3v) is 6.79. The lowest BCUT2D eigenvalue weighted by atomic mass is 9.73. The van der Waals surface area contributed by atoms with Gasteiger partial charge >= 0.3 is 0 Å². The van der Waals surface area contributed by atoms with Gasteiger partial charge in [-0.2, -0.15) is 0 Å². The zero-order valence-corrected chi connectivity index (χ0v) is 16.2. The molecule has 1 saturated carbocycles. The predicted molar refractivity (Wildman–Crippen MR) is 104 cm³/mol. The van der Waals surface area contributed by atoms with Gasteiger partial charge in [0, 0.05) is 37.5 Å². The van der Waals surface area contributed by atoms with Crippen molar-refractivity contribution in [1.82, 2.24) is 9.80 Å². The molecule has 27 heavy (non-hydrogen) atoms. The number of aromatic hydroxyl groups is 1. The van der Waals surface area contributed by atoms with Crippen molar-refractivity contribution in [3.63, 3.8) is 0 Å². The van der Waals surface area contributed by atoms with E-state index < -0.39 is 0 Å². The van der Waals surface area contributed by atoms with Crippen LogP contribution in [0.25, 0.3) is 0 Å². The van der Waals surface area contributed by atoms with Crippen LogP contribution in [0.3, 0.4) is 0 Å². The smallest absolute Gasteiger partial charge is 0.257 e. The van der Waals surface area contributed by atoms with Crippen LogP contribution < -0.4 is 0 Å². The number of aryl methyl sites for hydroxylation is 1. The fraction of sp³-hybridized carbons (Fsp3) is 0.636. The average Bonchev–Trinajstić information content (AvgIpc) is 3.18. The number of likely N-dealkylation sites (tertiary alicyclic amines) is 2. The number of nitrogens with zero attached hydrogens (tertiary/aromatic N) is 2. The lowest BCUT2D eigenvalue weighted by molar-refractivity contribution is -0.142. The van der Waals surface area contributed by atoms with Gasteiger partial charge in [0.1, 0.15) is 5.75 Å². The van der Waals surface area contributed by atoms with E-state index in [1.807, 2.05) is 17.9 Å². The van der Waals surface area contributed by atoms with Crippen LogP contribution in [0.15, 0.2) is 18.2 Å². The number of carbonyl (C=O) groups excluding carboxylic acids is 2. The molecule has 1 aromatic carbocycles. The van der Waals surface area contributed by atoms with E-state index in [4.69, 9.17) is 0 Å². The van der Waals surface area contributed by atoms with Gasteiger partial charge in [-0.15, -0.1) is 0 Å². The fourth-order valence-electron chi connectivity index (χ4n) is 5.30. The zero-order valence-electron chi connectivity index (χ0n) is 16.2. The number of hydrogen-bond donors (Lipinski definition) is 1. The molecule has 2 saturated heterocycles. The summed E-state index contributed by atoms with van der Waals surface area (Å²) in [4.78, 5) is 29.6. The first-order chi connectivity index (χ1) is 13.0. The van der Waals surface area contributed by atoms with Crippen molar-refractivity contribution < 1.29 is 14.7 Å². The maximum absolute atomic E-state index is 13.0. The summed E-state index contributed by atoms with van der Waals surface area (Å²) < 4.78 is 0. The number of amides is 2. The van der Waals surface area contributed by atoms with E-state index in [1.165, 1.54) is 12.8 Å². The Labute approximate surface area is 161 Å². The van der Waals surface area contributed by atoms with Gasteiger partial charge in [0.15, 0.2) is 0 Å². The number of benzene rings is 1. The summed E-state index contributed by atoms with van der Waals surface area (Å²) in [5, 5.41) is 10.2. The van der Waals surface area contributed by atoms with Gasteiger partial charge in [0.05, 0.1) is 5.56 Å². The Morgan fingerprint density at radius 1 is 1.15 bits per heavy atom. The van der Waals surface area contributed by atoms with Crippen molar-refractivity contribution >= 4 is 11.8 Å². The van der Waals surface area contributed by atoms with E-state index in [9.17, 15) is 14.7 Å². The van der Waals surface area contributed by atoms with Crippen molar-refractivity contribution in [2.75, 3.05) is 19.6 Å². The van der Waals surface area contributed by atoms with Gasteiger partial charge in [-0.05, 0) is 56.7 Å². The predicted octanol–water partition coefficient (Wildman–Crippen LogP) is 3.49. The Hall–Kier alpha value is -2.04. The summed E-state index contributed by atoms with van der Waals surface area (Å²) in [5.41, 5.74) is 1.35. The van der Waals surface area contributed by atoms with Crippen LogP contribution in [0.1, 0.15) is 67.3 Å². The van der Waals surface area contributed by atoms with E-state index in [-0.39, 0.29) is 17.1 Å². The lowest BCUT2D eigenvalue weighted by Crippen LogP contribution is -2.56. The molecular weight excluding hydrogens is 340 g/mol. The van der Waals surface area contributed by atoms with E-state index in [2.05, 4.69) is 4.90 Å². The van der Waals surface area contributed by atoms with E-state index in [0.29, 0.717) is 30.5 Å². The van der Waals surface area contributed by atoms with Crippen LogP contribution in [-0.2, 0) is 4.79 Å². The fourth-order valence-corrected chi connectivity index (χ4v) is 5.30. The summed E-state index contributed by atoms with van der Waals surface area (Å²) in [6.07, 6.45) is 8.21. The molecule has 0 bridgehead atoms. The first kappa shape index (κ1) is 18.3. The van der Waals surface area contributed by atoms with Gasteiger partial charge in [0.2, 0.25) is 5.91 Å². The Morgan fingerprint density at radius 2 is 1.93 bits per heavy atom. The number of hydrogen-bond acceptors (Lipinski definition) is 3. The first-order valence-corrected chi connectivity index (χ1v) is 10.4. The molecule has 2 aliphatic heterocycles. The SMILES string of the molecule is Cc1ccc(C(=O)N2CCC[C@@]3(CCC(=O)N(C4CCCC4)C3)C2)c(O)c1. The largest absolute Gasteiger partial charge is 0.507 e. The van der Waals surface area contributed by atoms with Crippen LogP contribution >= 0.6 is 0 Å². The molecule has 2 amide bonds. The third kappa shape index (κ3) is 3.56. The highest BCUT2D eigenvalue weighted by Crippen LogP contribution is 2.41. The molecule has 1 aliphatic carbocycles. The second-order valence-electron chi connectivity index (χ2n) is 8.81. The Balaban J connectivity index is 1.51. The molecule has 4 rings (SSSR count). The molecule has 5 heteroatoms. The summed E-state index contributed by atoms with van der Waals surface area (Å²) in [6, 6.07) is 5.65. The molecule has 3 fully saturated rings. The second-order valence-corrected chi connectivity index (χ2v) is 8.81. The monoisotopic (exact) mass is 370 g/mol. The highest BCUT2D eigenvalue weighted by Gasteiger charge is 2.44. The van der Waals surface area contributed by atoms with E-state index in [1.54, 1.807) is 12.1 Å².